The summed E-state index contributed by atoms with van der Waals surface area (Å²) in [6, 6.07) is 11.3. The molecule has 2 aromatic rings. The molecule has 0 radical (unpaired) electrons. The van der Waals surface area contributed by atoms with Gasteiger partial charge in [0, 0.05) is 37.8 Å². The molecule has 1 aliphatic heterocycles. The summed E-state index contributed by atoms with van der Waals surface area (Å²) in [6.45, 7) is 6.26. The maximum Gasteiger partial charge on any atom is 0.253 e. The SMILES string of the molecule is COc1cc(C=CC(=O)N2CCN(C(=O)c3ccc(C(C)C)cc3)CC2)cc(OC)c1OC. The van der Waals surface area contributed by atoms with Crippen LogP contribution in [0.1, 0.15) is 41.3 Å². The van der Waals surface area contributed by atoms with Crippen LogP contribution in [-0.2, 0) is 4.79 Å². The number of ether oxygens (including phenoxy) is 3. The predicted molar refractivity (Wildman–Crippen MR) is 128 cm³/mol. The summed E-state index contributed by atoms with van der Waals surface area (Å²) < 4.78 is 16.0. The van der Waals surface area contributed by atoms with Gasteiger partial charge in [0.15, 0.2) is 11.5 Å². The first-order chi connectivity index (χ1) is 15.9. The molecule has 3 rings (SSSR count). The molecule has 0 N–H and O–H groups in total. The smallest absolute Gasteiger partial charge is 0.253 e. The molecule has 0 aromatic heterocycles. The van der Waals surface area contributed by atoms with Crippen molar-refractivity contribution < 1.29 is 23.8 Å². The second kappa shape index (κ2) is 10.9. The maximum absolute atomic E-state index is 12.8. The fourth-order valence-electron chi connectivity index (χ4n) is 3.79. The minimum absolute atomic E-state index is 0.00497. The summed E-state index contributed by atoms with van der Waals surface area (Å²) >= 11 is 0. The van der Waals surface area contributed by atoms with E-state index in [1.165, 1.54) is 11.6 Å². The molecule has 1 aliphatic rings. The monoisotopic (exact) mass is 452 g/mol. The Morgan fingerprint density at radius 3 is 1.88 bits per heavy atom. The fraction of sp³-hybridized carbons (Fsp3) is 0.385. The van der Waals surface area contributed by atoms with Gasteiger partial charge in [-0.25, -0.2) is 0 Å². The minimum Gasteiger partial charge on any atom is -0.493 e. The number of nitrogens with zero attached hydrogens (tertiary/aromatic N) is 2. The second-order valence-electron chi connectivity index (χ2n) is 8.19. The normalized spacial score (nSPS) is 14.0. The van der Waals surface area contributed by atoms with Crippen molar-refractivity contribution >= 4 is 17.9 Å². The molecule has 0 aliphatic carbocycles. The summed E-state index contributed by atoms with van der Waals surface area (Å²) in [7, 11) is 4.65. The van der Waals surface area contributed by atoms with Crippen LogP contribution in [0.25, 0.3) is 6.08 Å². The minimum atomic E-state index is -0.0999. The molecule has 0 spiro atoms. The van der Waals surface area contributed by atoms with Crippen LogP contribution in [0.3, 0.4) is 0 Å². The van der Waals surface area contributed by atoms with Crippen LogP contribution >= 0.6 is 0 Å². The topological polar surface area (TPSA) is 68.3 Å². The molecule has 0 atom stereocenters. The van der Waals surface area contributed by atoms with E-state index in [1.54, 1.807) is 49.3 Å². The molecule has 33 heavy (non-hydrogen) atoms. The van der Waals surface area contributed by atoms with Crippen molar-refractivity contribution in [3.63, 3.8) is 0 Å². The van der Waals surface area contributed by atoms with E-state index in [9.17, 15) is 9.59 Å². The van der Waals surface area contributed by atoms with E-state index in [4.69, 9.17) is 14.2 Å². The standard InChI is InChI=1S/C26H32N2O5/c1-18(2)20-7-9-21(10-8-20)26(30)28-14-12-27(13-15-28)24(29)11-6-19-16-22(31-3)25(33-5)23(17-19)32-4/h6-11,16-18H,12-15H2,1-5H3. The zero-order valence-electron chi connectivity index (χ0n) is 20.0. The Morgan fingerprint density at radius 1 is 0.848 bits per heavy atom. The van der Waals surface area contributed by atoms with Gasteiger partial charge >= 0.3 is 0 Å². The molecule has 1 saturated heterocycles. The number of benzene rings is 2. The number of methoxy groups -OCH3 is 3. The number of amides is 2. The predicted octanol–water partition coefficient (Wildman–Crippen LogP) is 3.83. The molecule has 176 valence electrons. The first-order valence-electron chi connectivity index (χ1n) is 11.0. The first kappa shape index (κ1) is 24.2. The molecule has 1 heterocycles. The van der Waals surface area contributed by atoms with E-state index in [-0.39, 0.29) is 11.8 Å². The van der Waals surface area contributed by atoms with Gasteiger partial charge in [-0.15, -0.1) is 0 Å². The zero-order chi connectivity index (χ0) is 24.0. The molecule has 0 unspecified atom stereocenters. The Bertz CT molecular complexity index is 981. The van der Waals surface area contributed by atoms with E-state index >= 15 is 0 Å². The fourth-order valence-corrected chi connectivity index (χ4v) is 3.79. The van der Waals surface area contributed by atoms with Crippen LogP contribution in [-0.4, -0.2) is 69.1 Å². The lowest BCUT2D eigenvalue weighted by Gasteiger charge is -2.34. The maximum atomic E-state index is 12.8. The van der Waals surface area contributed by atoms with Crippen molar-refractivity contribution in [2.45, 2.75) is 19.8 Å². The average molecular weight is 453 g/mol. The van der Waals surface area contributed by atoms with Crippen molar-refractivity contribution in [3.05, 3.63) is 59.2 Å². The highest BCUT2D eigenvalue weighted by molar-refractivity contribution is 5.95. The second-order valence-corrected chi connectivity index (χ2v) is 8.19. The van der Waals surface area contributed by atoms with Gasteiger partial charge in [-0.3, -0.25) is 9.59 Å². The van der Waals surface area contributed by atoms with E-state index < -0.39 is 0 Å². The lowest BCUT2D eigenvalue weighted by Crippen LogP contribution is -2.50. The molecular weight excluding hydrogens is 420 g/mol. The van der Waals surface area contributed by atoms with E-state index in [2.05, 4.69) is 13.8 Å². The average Bonchev–Trinajstić information content (AvgIpc) is 2.86. The summed E-state index contributed by atoms with van der Waals surface area (Å²) in [5.74, 6) is 1.89. The number of hydrogen-bond donors (Lipinski definition) is 0. The van der Waals surface area contributed by atoms with Crippen LogP contribution in [0, 0.1) is 0 Å². The molecule has 7 heteroatoms. The van der Waals surface area contributed by atoms with Crippen LogP contribution in [0.15, 0.2) is 42.5 Å². The van der Waals surface area contributed by atoms with Gasteiger partial charge in [-0.2, -0.15) is 0 Å². The summed E-state index contributed by atoms with van der Waals surface area (Å²) in [5, 5.41) is 0. The molecule has 7 nitrogen and oxygen atoms in total. The largest absolute Gasteiger partial charge is 0.493 e. The zero-order valence-corrected chi connectivity index (χ0v) is 20.0. The highest BCUT2D eigenvalue weighted by atomic mass is 16.5. The van der Waals surface area contributed by atoms with E-state index in [1.807, 2.05) is 24.3 Å². The lowest BCUT2D eigenvalue weighted by atomic mass is 10.0. The van der Waals surface area contributed by atoms with E-state index in [0.717, 1.165) is 5.56 Å². The van der Waals surface area contributed by atoms with Crippen molar-refractivity contribution in [2.75, 3.05) is 47.5 Å². The molecular formula is C26H32N2O5. The van der Waals surface area contributed by atoms with Gasteiger partial charge in [0.05, 0.1) is 21.3 Å². The number of piperazine rings is 1. The summed E-state index contributed by atoms with van der Waals surface area (Å²) in [5.41, 5.74) is 2.65. The third-order valence-electron chi connectivity index (χ3n) is 5.81. The molecule has 0 saturated carbocycles. The van der Waals surface area contributed by atoms with E-state index in [0.29, 0.717) is 54.9 Å². The van der Waals surface area contributed by atoms with Crippen LogP contribution in [0.2, 0.25) is 0 Å². The van der Waals surface area contributed by atoms with Gasteiger partial charge in [0.2, 0.25) is 11.7 Å². The van der Waals surface area contributed by atoms with Gasteiger partial charge in [-0.05, 0) is 47.4 Å². The van der Waals surface area contributed by atoms with Gasteiger partial charge in [-0.1, -0.05) is 26.0 Å². The number of carbonyl (C=O) groups excluding carboxylic acids is 2. The molecule has 1 fully saturated rings. The number of hydrogen-bond acceptors (Lipinski definition) is 5. The highest BCUT2D eigenvalue weighted by Gasteiger charge is 2.24. The summed E-state index contributed by atoms with van der Waals surface area (Å²) in [4.78, 5) is 29.1. The Labute approximate surface area is 195 Å². The Kier molecular flexibility index (Phi) is 7.98. The van der Waals surface area contributed by atoms with Crippen molar-refractivity contribution in [1.82, 2.24) is 9.80 Å². The van der Waals surface area contributed by atoms with Crippen molar-refractivity contribution in [3.8, 4) is 17.2 Å². The van der Waals surface area contributed by atoms with Crippen LogP contribution in [0.4, 0.5) is 0 Å². The number of rotatable bonds is 7. The van der Waals surface area contributed by atoms with Crippen molar-refractivity contribution in [2.24, 2.45) is 0 Å². The summed E-state index contributed by atoms with van der Waals surface area (Å²) in [6.07, 6.45) is 3.25. The molecule has 2 amide bonds. The Hall–Kier alpha value is -3.48. The third-order valence-corrected chi connectivity index (χ3v) is 5.81. The highest BCUT2D eigenvalue weighted by Crippen LogP contribution is 2.38. The lowest BCUT2D eigenvalue weighted by molar-refractivity contribution is -0.127. The quantitative estimate of drug-likeness (QED) is 0.597. The third kappa shape index (κ3) is 5.66. The van der Waals surface area contributed by atoms with Crippen molar-refractivity contribution in [1.29, 1.82) is 0 Å². The molecule has 2 aromatic carbocycles. The van der Waals surface area contributed by atoms with Gasteiger partial charge in [0.25, 0.3) is 5.91 Å². The Morgan fingerprint density at radius 2 is 1.39 bits per heavy atom. The van der Waals surface area contributed by atoms with Gasteiger partial charge in [0.1, 0.15) is 0 Å². The van der Waals surface area contributed by atoms with Gasteiger partial charge < -0.3 is 24.0 Å². The van der Waals surface area contributed by atoms with Crippen LogP contribution < -0.4 is 14.2 Å². The van der Waals surface area contributed by atoms with Crippen LogP contribution in [0.5, 0.6) is 17.2 Å². The number of carbonyl (C=O) groups is 2. The first-order valence-corrected chi connectivity index (χ1v) is 11.0. The molecule has 0 bridgehead atoms. The Balaban J connectivity index is 1.60.